The highest BCUT2D eigenvalue weighted by Crippen LogP contribution is 2.24. The maximum Gasteiger partial charge on any atom is 0.191 e. The molecule has 0 atom stereocenters. The highest BCUT2D eigenvalue weighted by Gasteiger charge is 2.02. The lowest BCUT2D eigenvalue weighted by molar-refractivity contribution is 0.313. The summed E-state index contributed by atoms with van der Waals surface area (Å²) >= 11 is 5.05. The number of hydrogen-bond acceptors (Lipinski definition) is 4. The lowest BCUT2D eigenvalue weighted by Crippen LogP contribution is -2.05. The molecule has 0 aliphatic rings. The van der Waals surface area contributed by atoms with E-state index in [1.165, 1.54) is 0 Å². The molecule has 0 amide bonds. The molecule has 17 heavy (non-hydrogen) atoms. The SMILES string of the molecule is Cc1cc(=S)oc2cc(OCCCN)ccc12. The van der Waals surface area contributed by atoms with E-state index in [0.29, 0.717) is 17.9 Å². The Hall–Kier alpha value is -1.39. The van der Waals surface area contributed by atoms with Crippen LogP contribution in [0.3, 0.4) is 0 Å². The van der Waals surface area contributed by atoms with Crippen molar-refractivity contribution in [2.45, 2.75) is 13.3 Å². The van der Waals surface area contributed by atoms with Crippen LogP contribution < -0.4 is 10.5 Å². The van der Waals surface area contributed by atoms with Crippen LogP contribution in [0.15, 0.2) is 28.7 Å². The molecule has 2 aromatic rings. The topological polar surface area (TPSA) is 48.4 Å². The molecule has 2 rings (SSSR count). The molecular formula is C13H15NO2S. The van der Waals surface area contributed by atoms with Gasteiger partial charge in [0.1, 0.15) is 11.3 Å². The third-order valence-corrected chi connectivity index (χ3v) is 2.74. The van der Waals surface area contributed by atoms with E-state index in [-0.39, 0.29) is 0 Å². The number of fused-ring (bicyclic) bond motifs is 1. The third kappa shape index (κ3) is 2.84. The molecule has 0 bridgehead atoms. The molecule has 2 N–H and O–H groups in total. The van der Waals surface area contributed by atoms with Crippen molar-refractivity contribution in [3.8, 4) is 5.75 Å². The van der Waals surface area contributed by atoms with Crippen molar-refractivity contribution in [3.63, 3.8) is 0 Å². The van der Waals surface area contributed by atoms with Gasteiger partial charge in [-0.3, -0.25) is 0 Å². The summed E-state index contributed by atoms with van der Waals surface area (Å²) in [6.07, 6.45) is 0.843. The second-order valence-electron chi connectivity index (χ2n) is 3.90. The van der Waals surface area contributed by atoms with Gasteiger partial charge in [-0.05, 0) is 55.9 Å². The van der Waals surface area contributed by atoms with Gasteiger partial charge in [-0.2, -0.15) is 0 Å². The van der Waals surface area contributed by atoms with Gasteiger partial charge in [-0.15, -0.1) is 0 Å². The van der Waals surface area contributed by atoms with Gasteiger partial charge in [-0.1, -0.05) is 0 Å². The molecule has 0 aliphatic heterocycles. The number of nitrogens with two attached hydrogens (primary N) is 1. The Morgan fingerprint density at radius 1 is 1.35 bits per heavy atom. The quantitative estimate of drug-likeness (QED) is 0.667. The Morgan fingerprint density at radius 3 is 2.94 bits per heavy atom. The number of hydrogen-bond donors (Lipinski definition) is 1. The van der Waals surface area contributed by atoms with E-state index in [9.17, 15) is 0 Å². The molecule has 1 aromatic carbocycles. The summed E-state index contributed by atoms with van der Waals surface area (Å²) in [6, 6.07) is 7.65. The van der Waals surface area contributed by atoms with E-state index >= 15 is 0 Å². The molecule has 0 saturated carbocycles. The zero-order valence-electron chi connectivity index (χ0n) is 9.73. The van der Waals surface area contributed by atoms with Crippen molar-refractivity contribution >= 4 is 23.2 Å². The van der Waals surface area contributed by atoms with Crippen LogP contribution in [0.2, 0.25) is 0 Å². The van der Waals surface area contributed by atoms with Gasteiger partial charge < -0.3 is 14.9 Å². The van der Waals surface area contributed by atoms with Gasteiger partial charge in [0.2, 0.25) is 0 Å². The van der Waals surface area contributed by atoms with Gasteiger partial charge in [0, 0.05) is 11.5 Å². The standard InChI is InChI=1S/C13H15NO2S/c1-9-7-13(17)16-12-8-10(3-4-11(9)12)15-6-2-5-14/h3-4,7-8H,2,5-6,14H2,1H3. The zero-order chi connectivity index (χ0) is 12.3. The fourth-order valence-electron chi connectivity index (χ4n) is 1.67. The molecule has 1 aromatic heterocycles. The van der Waals surface area contributed by atoms with Crippen molar-refractivity contribution in [1.82, 2.24) is 0 Å². The van der Waals surface area contributed by atoms with E-state index in [2.05, 4.69) is 0 Å². The Labute approximate surface area is 105 Å². The number of aryl methyl sites for hydroxylation is 1. The maximum atomic E-state index is 5.56. The van der Waals surface area contributed by atoms with Gasteiger partial charge in [-0.25, -0.2) is 0 Å². The lowest BCUT2D eigenvalue weighted by Gasteiger charge is -2.07. The normalized spacial score (nSPS) is 10.7. The predicted octanol–water partition coefficient (Wildman–Crippen LogP) is 3.20. The minimum atomic E-state index is 0.495. The molecule has 1 heterocycles. The van der Waals surface area contributed by atoms with E-state index in [1.54, 1.807) is 0 Å². The summed E-state index contributed by atoms with van der Waals surface area (Å²) in [4.78, 5) is 0. The van der Waals surface area contributed by atoms with Crippen LogP contribution in [0.5, 0.6) is 5.75 Å². The molecule has 0 radical (unpaired) electrons. The first kappa shape index (κ1) is 12.1. The molecule has 90 valence electrons. The van der Waals surface area contributed by atoms with E-state index < -0.39 is 0 Å². The van der Waals surface area contributed by atoms with E-state index in [0.717, 1.165) is 28.7 Å². The molecule has 0 spiro atoms. The largest absolute Gasteiger partial charge is 0.493 e. The number of benzene rings is 1. The van der Waals surface area contributed by atoms with Crippen molar-refractivity contribution in [2.75, 3.05) is 13.2 Å². The third-order valence-electron chi connectivity index (χ3n) is 2.54. The van der Waals surface area contributed by atoms with Crippen LogP contribution in [0.4, 0.5) is 0 Å². The van der Waals surface area contributed by atoms with Crippen LogP contribution in [-0.2, 0) is 0 Å². The van der Waals surface area contributed by atoms with Crippen molar-refractivity contribution in [1.29, 1.82) is 0 Å². The van der Waals surface area contributed by atoms with Crippen molar-refractivity contribution in [2.24, 2.45) is 5.73 Å². The first-order valence-electron chi connectivity index (χ1n) is 5.58. The average Bonchev–Trinajstić information content (AvgIpc) is 2.28. The summed E-state index contributed by atoms with van der Waals surface area (Å²) in [5, 5.41) is 1.06. The van der Waals surface area contributed by atoms with Gasteiger partial charge in [0.15, 0.2) is 4.71 Å². The maximum absolute atomic E-state index is 5.56. The Bertz CT molecular complexity index is 577. The summed E-state index contributed by atoms with van der Waals surface area (Å²) in [5.74, 6) is 0.787. The minimum absolute atomic E-state index is 0.495. The summed E-state index contributed by atoms with van der Waals surface area (Å²) in [7, 11) is 0. The van der Waals surface area contributed by atoms with Gasteiger partial charge >= 0.3 is 0 Å². The Balaban J connectivity index is 2.33. The smallest absolute Gasteiger partial charge is 0.191 e. The van der Waals surface area contributed by atoms with Crippen LogP contribution in [0.1, 0.15) is 12.0 Å². The second kappa shape index (κ2) is 5.29. The van der Waals surface area contributed by atoms with Gasteiger partial charge in [0.05, 0.1) is 6.61 Å². The van der Waals surface area contributed by atoms with Crippen molar-refractivity contribution < 1.29 is 9.15 Å². The van der Waals surface area contributed by atoms with E-state index in [4.69, 9.17) is 27.1 Å². The average molecular weight is 249 g/mol. The molecule has 3 nitrogen and oxygen atoms in total. The minimum Gasteiger partial charge on any atom is -0.493 e. The highest BCUT2D eigenvalue weighted by atomic mass is 32.1. The second-order valence-corrected chi connectivity index (χ2v) is 4.30. The summed E-state index contributed by atoms with van der Waals surface area (Å²) in [6.45, 7) is 3.27. The van der Waals surface area contributed by atoms with Crippen molar-refractivity contribution in [3.05, 3.63) is 34.5 Å². The number of ether oxygens (including phenoxy) is 1. The summed E-state index contributed by atoms with van der Waals surface area (Å²) < 4.78 is 11.6. The molecule has 0 unspecified atom stereocenters. The molecule has 0 fully saturated rings. The lowest BCUT2D eigenvalue weighted by atomic mass is 10.1. The van der Waals surface area contributed by atoms with Crippen LogP contribution in [-0.4, -0.2) is 13.2 Å². The molecular weight excluding hydrogens is 234 g/mol. The molecule has 0 saturated heterocycles. The van der Waals surface area contributed by atoms with Gasteiger partial charge in [0.25, 0.3) is 0 Å². The first-order chi connectivity index (χ1) is 8.20. The summed E-state index contributed by atoms with van der Waals surface area (Å²) in [5.41, 5.74) is 7.29. The monoisotopic (exact) mass is 249 g/mol. The fraction of sp³-hybridized carbons (Fsp3) is 0.308. The zero-order valence-corrected chi connectivity index (χ0v) is 10.5. The van der Waals surface area contributed by atoms with Crippen LogP contribution in [0.25, 0.3) is 11.0 Å². The Kier molecular flexibility index (Phi) is 3.76. The fourth-order valence-corrected chi connectivity index (χ4v) is 1.93. The first-order valence-corrected chi connectivity index (χ1v) is 5.99. The van der Waals surface area contributed by atoms with Crippen LogP contribution >= 0.6 is 12.2 Å². The molecule has 0 aliphatic carbocycles. The van der Waals surface area contributed by atoms with Crippen LogP contribution in [0, 0.1) is 11.6 Å². The predicted molar refractivity (Wildman–Crippen MR) is 71.0 cm³/mol. The molecule has 4 heteroatoms. The highest BCUT2D eigenvalue weighted by molar-refractivity contribution is 7.71. The van der Waals surface area contributed by atoms with E-state index in [1.807, 2.05) is 31.2 Å². The Morgan fingerprint density at radius 2 is 2.18 bits per heavy atom. The number of rotatable bonds is 4.